The Morgan fingerprint density at radius 3 is 2.76 bits per heavy atom. The highest BCUT2D eigenvalue weighted by Crippen LogP contribution is 2.27. The number of benzene rings is 1. The van der Waals surface area contributed by atoms with E-state index in [4.69, 9.17) is 0 Å². The van der Waals surface area contributed by atoms with Crippen molar-refractivity contribution >= 4 is 10.9 Å². The van der Waals surface area contributed by atoms with Gasteiger partial charge in [0.25, 0.3) is 0 Å². The van der Waals surface area contributed by atoms with Gasteiger partial charge in [-0.3, -0.25) is 9.67 Å². The maximum Gasteiger partial charge on any atom is 0.0769 e. The molecule has 1 aromatic carbocycles. The number of nitrogens with one attached hydrogen (secondary N) is 1. The summed E-state index contributed by atoms with van der Waals surface area (Å²) in [6, 6.07) is 12.6. The fourth-order valence-corrected chi connectivity index (χ4v) is 2.84. The summed E-state index contributed by atoms with van der Waals surface area (Å²) < 4.78 is 1.95. The van der Waals surface area contributed by atoms with Gasteiger partial charge in [-0.2, -0.15) is 5.10 Å². The van der Waals surface area contributed by atoms with Gasteiger partial charge in [-0.1, -0.05) is 31.2 Å². The van der Waals surface area contributed by atoms with Crippen LogP contribution in [0.1, 0.15) is 29.9 Å². The number of aryl methyl sites for hydroxylation is 2. The molecule has 0 amide bonds. The van der Waals surface area contributed by atoms with Crippen molar-refractivity contribution < 1.29 is 0 Å². The Hall–Kier alpha value is -2.20. The molecule has 0 radical (unpaired) electrons. The molecule has 0 saturated heterocycles. The van der Waals surface area contributed by atoms with Crippen LogP contribution in [0.4, 0.5) is 0 Å². The van der Waals surface area contributed by atoms with Gasteiger partial charge in [0.1, 0.15) is 0 Å². The maximum absolute atomic E-state index is 4.58. The average molecular weight is 280 g/mol. The van der Waals surface area contributed by atoms with Crippen molar-refractivity contribution in [1.82, 2.24) is 20.1 Å². The quantitative estimate of drug-likeness (QED) is 0.799. The summed E-state index contributed by atoms with van der Waals surface area (Å²) in [5.74, 6) is 0. The Labute approximate surface area is 124 Å². The summed E-state index contributed by atoms with van der Waals surface area (Å²) >= 11 is 0. The number of hydrogen-bond donors (Lipinski definition) is 1. The van der Waals surface area contributed by atoms with Crippen molar-refractivity contribution in [1.29, 1.82) is 0 Å². The molecule has 108 valence electrons. The monoisotopic (exact) mass is 280 g/mol. The molecule has 0 aliphatic carbocycles. The van der Waals surface area contributed by atoms with Crippen LogP contribution in [0.3, 0.4) is 0 Å². The van der Waals surface area contributed by atoms with Crippen molar-refractivity contribution in [3.63, 3.8) is 0 Å². The van der Waals surface area contributed by atoms with E-state index >= 15 is 0 Å². The predicted molar refractivity (Wildman–Crippen MR) is 85.2 cm³/mol. The number of rotatable bonds is 4. The summed E-state index contributed by atoms with van der Waals surface area (Å²) in [5.41, 5.74) is 4.43. The van der Waals surface area contributed by atoms with Gasteiger partial charge in [-0.05, 0) is 25.6 Å². The van der Waals surface area contributed by atoms with E-state index in [1.165, 1.54) is 5.56 Å². The molecule has 3 rings (SSSR count). The van der Waals surface area contributed by atoms with Crippen LogP contribution in [0.25, 0.3) is 10.9 Å². The number of nitrogens with zero attached hydrogens (tertiary/aromatic N) is 3. The highest BCUT2D eigenvalue weighted by Gasteiger charge is 2.19. The van der Waals surface area contributed by atoms with Gasteiger partial charge in [-0.25, -0.2) is 0 Å². The van der Waals surface area contributed by atoms with Gasteiger partial charge in [-0.15, -0.1) is 0 Å². The average Bonchev–Trinajstić information content (AvgIpc) is 2.83. The van der Waals surface area contributed by atoms with E-state index in [2.05, 4.69) is 52.7 Å². The molecule has 0 bridgehead atoms. The zero-order valence-electron chi connectivity index (χ0n) is 12.7. The van der Waals surface area contributed by atoms with E-state index in [-0.39, 0.29) is 6.04 Å². The lowest BCUT2D eigenvalue weighted by Crippen LogP contribution is -2.24. The van der Waals surface area contributed by atoms with Gasteiger partial charge in [0, 0.05) is 24.2 Å². The third-order valence-electron chi connectivity index (χ3n) is 3.72. The van der Waals surface area contributed by atoms with Crippen LogP contribution in [0.2, 0.25) is 0 Å². The molecule has 0 aliphatic rings. The Morgan fingerprint density at radius 2 is 2.05 bits per heavy atom. The minimum atomic E-state index is 0.0970. The number of pyridine rings is 1. The molecular formula is C17H20N4. The summed E-state index contributed by atoms with van der Waals surface area (Å²) in [7, 11) is 1.99. The maximum atomic E-state index is 4.58. The minimum absolute atomic E-state index is 0.0970. The zero-order chi connectivity index (χ0) is 14.8. The van der Waals surface area contributed by atoms with Crippen molar-refractivity contribution in [2.24, 2.45) is 7.05 Å². The van der Waals surface area contributed by atoms with E-state index in [9.17, 15) is 0 Å². The van der Waals surface area contributed by atoms with Gasteiger partial charge < -0.3 is 5.32 Å². The predicted octanol–water partition coefficient (Wildman–Crippen LogP) is 2.98. The largest absolute Gasteiger partial charge is 0.305 e. The fraction of sp³-hybridized carbons (Fsp3) is 0.294. The number of aromatic nitrogens is 3. The smallest absolute Gasteiger partial charge is 0.0769 e. The van der Waals surface area contributed by atoms with E-state index in [0.717, 1.165) is 28.8 Å². The Kier molecular flexibility index (Phi) is 3.71. The Balaban J connectivity index is 2.18. The minimum Gasteiger partial charge on any atom is -0.305 e. The standard InChI is InChI=1S/C17H20N4/c1-4-18-17(15-11-12(2)20-21(15)3)14-9-5-7-13-8-6-10-19-16(13)14/h5-11,17-18H,4H2,1-3H3. The normalized spacial score (nSPS) is 12.7. The molecule has 1 N–H and O–H groups in total. The molecular weight excluding hydrogens is 260 g/mol. The van der Waals surface area contributed by atoms with E-state index in [1.807, 2.05) is 30.9 Å². The van der Waals surface area contributed by atoms with E-state index in [0.29, 0.717) is 0 Å². The molecule has 0 saturated carbocycles. The van der Waals surface area contributed by atoms with Crippen molar-refractivity contribution in [2.75, 3.05) is 6.54 Å². The fourth-order valence-electron chi connectivity index (χ4n) is 2.84. The molecule has 0 spiro atoms. The second kappa shape index (κ2) is 5.66. The molecule has 3 aromatic rings. The summed E-state index contributed by atoms with van der Waals surface area (Å²) in [4.78, 5) is 4.58. The first kappa shape index (κ1) is 13.8. The molecule has 2 heterocycles. The lowest BCUT2D eigenvalue weighted by atomic mass is 9.99. The lowest BCUT2D eigenvalue weighted by molar-refractivity contribution is 0.574. The van der Waals surface area contributed by atoms with Gasteiger partial charge in [0.15, 0.2) is 0 Å². The van der Waals surface area contributed by atoms with Crippen LogP contribution in [-0.4, -0.2) is 21.3 Å². The first-order valence-corrected chi connectivity index (χ1v) is 7.28. The second-order valence-electron chi connectivity index (χ2n) is 5.25. The highest BCUT2D eigenvalue weighted by atomic mass is 15.3. The van der Waals surface area contributed by atoms with Crippen LogP contribution in [0.5, 0.6) is 0 Å². The van der Waals surface area contributed by atoms with Crippen LogP contribution in [-0.2, 0) is 7.05 Å². The SMILES string of the molecule is CCNC(c1cccc2cccnc12)c1cc(C)nn1C. The third-order valence-corrected chi connectivity index (χ3v) is 3.72. The molecule has 0 aliphatic heterocycles. The summed E-state index contributed by atoms with van der Waals surface area (Å²) in [6.07, 6.45) is 1.85. The molecule has 0 fully saturated rings. The second-order valence-corrected chi connectivity index (χ2v) is 5.25. The van der Waals surface area contributed by atoms with Crippen LogP contribution < -0.4 is 5.32 Å². The molecule has 1 unspecified atom stereocenters. The zero-order valence-corrected chi connectivity index (χ0v) is 12.7. The summed E-state index contributed by atoms with van der Waals surface area (Å²) in [6.45, 7) is 5.03. The number of hydrogen-bond acceptors (Lipinski definition) is 3. The third kappa shape index (κ3) is 2.54. The van der Waals surface area contributed by atoms with E-state index < -0.39 is 0 Å². The van der Waals surface area contributed by atoms with Gasteiger partial charge in [0.05, 0.1) is 22.9 Å². The van der Waals surface area contributed by atoms with Crippen molar-refractivity contribution in [3.05, 3.63) is 59.5 Å². The molecule has 4 nitrogen and oxygen atoms in total. The Morgan fingerprint density at radius 1 is 1.24 bits per heavy atom. The van der Waals surface area contributed by atoms with Crippen LogP contribution in [0, 0.1) is 6.92 Å². The van der Waals surface area contributed by atoms with Crippen molar-refractivity contribution in [3.8, 4) is 0 Å². The van der Waals surface area contributed by atoms with Gasteiger partial charge >= 0.3 is 0 Å². The molecule has 2 aromatic heterocycles. The van der Waals surface area contributed by atoms with E-state index in [1.54, 1.807) is 0 Å². The van der Waals surface area contributed by atoms with Crippen molar-refractivity contribution in [2.45, 2.75) is 19.9 Å². The molecule has 1 atom stereocenters. The lowest BCUT2D eigenvalue weighted by Gasteiger charge is -2.20. The topological polar surface area (TPSA) is 42.7 Å². The number of para-hydroxylation sites is 1. The molecule has 4 heteroatoms. The first-order valence-electron chi connectivity index (χ1n) is 7.28. The van der Waals surface area contributed by atoms with Gasteiger partial charge in [0.2, 0.25) is 0 Å². The Bertz CT molecular complexity index is 755. The highest BCUT2D eigenvalue weighted by molar-refractivity contribution is 5.82. The summed E-state index contributed by atoms with van der Waals surface area (Å²) in [5, 5.41) is 9.20. The number of fused-ring (bicyclic) bond motifs is 1. The first-order chi connectivity index (χ1) is 10.2. The van der Waals surface area contributed by atoms with Crippen LogP contribution in [0.15, 0.2) is 42.6 Å². The van der Waals surface area contributed by atoms with Crippen LogP contribution >= 0.6 is 0 Å². The molecule has 21 heavy (non-hydrogen) atoms.